The Morgan fingerprint density at radius 2 is 1.59 bits per heavy atom. The van der Waals surface area contributed by atoms with Crippen molar-refractivity contribution in [2.45, 2.75) is 43.5 Å². The molecule has 1 amide bonds. The van der Waals surface area contributed by atoms with Crippen molar-refractivity contribution in [3.63, 3.8) is 0 Å². The summed E-state index contributed by atoms with van der Waals surface area (Å²) in [5, 5.41) is 2.45. The number of aryl methyl sites for hydroxylation is 1. The van der Waals surface area contributed by atoms with Gasteiger partial charge in [-0.05, 0) is 50.2 Å². The molecule has 0 aliphatic carbocycles. The first-order chi connectivity index (χ1) is 14.9. The molecule has 0 saturated carbocycles. The molecule has 0 radical (unpaired) electrons. The van der Waals surface area contributed by atoms with Gasteiger partial charge in [-0.1, -0.05) is 17.7 Å². The number of alkyl halides is 3. The fourth-order valence-corrected chi connectivity index (χ4v) is 4.71. The molecular formula is C21H23F3N2O5S. The number of sulfonamides is 1. The number of piperidine rings is 1. The van der Waals surface area contributed by atoms with Crippen molar-refractivity contribution in [3.05, 3.63) is 54.1 Å². The van der Waals surface area contributed by atoms with Crippen molar-refractivity contribution in [2.75, 3.05) is 18.4 Å². The van der Waals surface area contributed by atoms with Crippen LogP contribution in [0.2, 0.25) is 0 Å². The minimum atomic E-state index is -4.80. The topological polar surface area (TPSA) is 84.9 Å². The second-order valence-corrected chi connectivity index (χ2v) is 9.69. The van der Waals surface area contributed by atoms with Gasteiger partial charge in [-0.15, -0.1) is 13.2 Å². The van der Waals surface area contributed by atoms with E-state index in [0.29, 0.717) is 12.8 Å². The molecule has 0 atom stereocenters. The molecular weight excluding hydrogens is 449 g/mol. The van der Waals surface area contributed by atoms with Gasteiger partial charge in [0, 0.05) is 31.6 Å². The van der Waals surface area contributed by atoms with E-state index in [4.69, 9.17) is 4.74 Å². The van der Waals surface area contributed by atoms with E-state index in [-0.39, 0.29) is 23.7 Å². The van der Waals surface area contributed by atoms with Crippen LogP contribution in [0, 0.1) is 6.92 Å². The SMILES string of the molecule is Cc1ccc(S(=O)(=O)N2CCC(C)(OC(=O)Nc3ccc(OC(F)(F)F)cc3)CC2)cc1. The predicted molar refractivity (Wildman–Crippen MR) is 111 cm³/mol. The normalized spacial score (nSPS) is 16.9. The fraction of sp³-hybridized carbons (Fsp3) is 0.381. The lowest BCUT2D eigenvalue weighted by atomic mass is 9.95. The monoisotopic (exact) mass is 472 g/mol. The van der Waals surface area contributed by atoms with E-state index in [1.807, 2.05) is 6.92 Å². The smallest absolute Gasteiger partial charge is 0.443 e. The van der Waals surface area contributed by atoms with Crippen LogP contribution < -0.4 is 10.1 Å². The molecule has 0 unspecified atom stereocenters. The highest BCUT2D eigenvalue weighted by Gasteiger charge is 2.38. The predicted octanol–water partition coefficient (Wildman–Crippen LogP) is 4.69. The highest BCUT2D eigenvalue weighted by atomic mass is 32.2. The summed E-state index contributed by atoms with van der Waals surface area (Å²) in [6, 6.07) is 11.2. The van der Waals surface area contributed by atoms with Gasteiger partial charge in [0.25, 0.3) is 0 Å². The van der Waals surface area contributed by atoms with Gasteiger partial charge in [0.15, 0.2) is 0 Å². The summed E-state index contributed by atoms with van der Waals surface area (Å²) in [4.78, 5) is 12.5. The molecule has 174 valence electrons. The van der Waals surface area contributed by atoms with Crippen LogP contribution >= 0.6 is 0 Å². The van der Waals surface area contributed by atoms with Gasteiger partial charge < -0.3 is 9.47 Å². The highest BCUT2D eigenvalue weighted by molar-refractivity contribution is 7.89. The third-order valence-corrected chi connectivity index (χ3v) is 7.03. The first kappa shape index (κ1) is 23.9. The average Bonchev–Trinajstić information content (AvgIpc) is 2.68. The maximum Gasteiger partial charge on any atom is 0.573 e. The minimum absolute atomic E-state index is 0.184. The number of amides is 1. The lowest BCUT2D eigenvalue weighted by Gasteiger charge is -2.38. The number of benzene rings is 2. The molecule has 11 heteroatoms. The number of hydrogen-bond acceptors (Lipinski definition) is 5. The molecule has 1 fully saturated rings. The highest BCUT2D eigenvalue weighted by Crippen LogP contribution is 2.30. The summed E-state index contributed by atoms with van der Waals surface area (Å²) in [7, 11) is -3.64. The van der Waals surface area contributed by atoms with Crippen LogP contribution in [0.1, 0.15) is 25.3 Å². The number of ether oxygens (including phenoxy) is 2. The molecule has 32 heavy (non-hydrogen) atoms. The maximum atomic E-state index is 12.8. The van der Waals surface area contributed by atoms with E-state index in [1.54, 1.807) is 31.2 Å². The minimum Gasteiger partial charge on any atom is -0.443 e. The van der Waals surface area contributed by atoms with Gasteiger partial charge in [0.1, 0.15) is 11.4 Å². The lowest BCUT2D eigenvalue weighted by Crippen LogP contribution is -2.47. The summed E-state index contributed by atoms with van der Waals surface area (Å²) in [6.07, 6.45) is -5.00. The maximum absolute atomic E-state index is 12.8. The van der Waals surface area contributed by atoms with E-state index in [1.165, 1.54) is 16.4 Å². The quantitative estimate of drug-likeness (QED) is 0.683. The van der Waals surface area contributed by atoms with Crippen molar-refractivity contribution in [1.82, 2.24) is 4.31 Å². The van der Waals surface area contributed by atoms with Gasteiger partial charge in [-0.25, -0.2) is 13.2 Å². The van der Waals surface area contributed by atoms with Crippen LogP contribution in [0.25, 0.3) is 0 Å². The number of halogens is 3. The molecule has 2 aromatic carbocycles. The fourth-order valence-electron chi connectivity index (χ4n) is 3.27. The van der Waals surface area contributed by atoms with E-state index in [2.05, 4.69) is 10.1 Å². The zero-order valence-electron chi connectivity index (χ0n) is 17.5. The number of nitrogens with one attached hydrogen (secondary N) is 1. The standard InChI is InChI=1S/C21H23F3N2O5S/c1-15-3-9-18(10-4-15)32(28,29)26-13-11-20(2,12-14-26)31-19(27)25-16-5-7-17(8-6-16)30-21(22,23)24/h3-10H,11-14H2,1-2H3,(H,25,27). The first-order valence-electron chi connectivity index (χ1n) is 9.79. The van der Waals surface area contributed by atoms with Gasteiger partial charge in [0.05, 0.1) is 4.90 Å². The zero-order chi connectivity index (χ0) is 23.6. The first-order valence-corrected chi connectivity index (χ1v) is 11.2. The van der Waals surface area contributed by atoms with E-state index in [0.717, 1.165) is 17.7 Å². The third kappa shape index (κ3) is 6.13. The Labute approximate surface area is 184 Å². The Bertz CT molecular complexity index is 1050. The molecule has 2 aromatic rings. The number of carbonyl (C=O) groups excluding carboxylic acids is 1. The molecule has 1 saturated heterocycles. The van der Waals surface area contributed by atoms with Crippen LogP contribution in [0.5, 0.6) is 5.75 Å². The van der Waals surface area contributed by atoms with Crippen molar-refractivity contribution >= 4 is 21.8 Å². The number of anilines is 1. The van der Waals surface area contributed by atoms with E-state index >= 15 is 0 Å². The molecule has 0 bridgehead atoms. The molecule has 1 aliphatic rings. The Balaban J connectivity index is 1.55. The summed E-state index contributed by atoms with van der Waals surface area (Å²) in [5.41, 5.74) is 0.299. The average molecular weight is 472 g/mol. The second-order valence-electron chi connectivity index (χ2n) is 7.75. The largest absolute Gasteiger partial charge is 0.573 e. The summed E-state index contributed by atoms with van der Waals surface area (Å²) < 4.78 is 72.9. The number of rotatable bonds is 5. The van der Waals surface area contributed by atoms with Gasteiger partial charge in [0.2, 0.25) is 10.0 Å². The van der Waals surface area contributed by atoms with E-state index in [9.17, 15) is 26.4 Å². The molecule has 0 aromatic heterocycles. The third-order valence-electron chi connectivity index (χ3n) is 5.11. The van der Waals surface area contributed by atoms with Crippen LogP contribution in [0.4, 0.5) is 23.7 Å². The summed E-state index contributed by atoms with van der Waals surface area (Å²) in [6.45, 7) is 3.95. The van der Waals surface area contributed by atoms with Crippen LogP contribution in [0.15, 0.2) is 53.4 Å². The number of nitrogens with zero attached hydrogens (tertiary/aromatic N) is 1. The molecule has 0 spiro atoms. The van der Waals surface area contributed by atoms with Crippen molar-refractivity contribution in [1.29, 1.82) is 0 Å². The van der Waals surface area contributed by atoms with Gasteiger partial charge in [-0.3, -0.25) is 5.32 Å². The van der Waals surface area contributed by atoms with Crippen LogP contribution in [-0.4, -0.2) is 43.9 Å². The zero-order valence-corrected chi connectivity index (χ0v) is 18.3. The summed E-state index contributed by atoms with van der Waals surface area (Å²) >= 11 is 0. The Hall–Kier alpha value is -2.79. The second kappa shape index (κ2) is 8.99. The van der Waals surface area contributed by atoms with Gasteiger partial charge >= 0.3 is 12.5 Å². The molecule has 1 N–H and O–H groups in total. The number of hydrogen-bond donors (Lipinski definition) is 1. The van der Waals surface area contributed by atoms with E-state index < -0.39 is 33.8 Å². The molecule has 1 heterocycles. The summed E-state index contributed by atoms with van der Waals surface area (Å²) in [5.74, 6) is -0.412. The van der Waals surface area contributed by atoms with Crippen molar-refractivity contribution in [2.24, 2.45) is 0 Å². The van der Waals surface area contributed by atoms with Crippen LogP contribution in [-0.2, 0) is 14.8 Å². The van der Waals surface area contributed by atoms with Crippen LogP contribution in [0.3, 0.4) is 0 Å². The van der Waals surface area contributed by atoms with Gasteiger partial charge in [-0.2, -0.15) is 4.31 Å². The lowest BCUT2D eigenvalue weighted by molar-refractivity contribution is -0.274. The Morgan fingerprint density at radius 1 is 1.03 bits per heavy atom. The molecule has 3 rings (SSSR count). The molecule has 7 nitrogen and oxygen atoms in total. The van der Waals surface area contributed by atoms with Crippen molar-refractivity contribution < 1.29 is 35.9 Å². The Morgan fingerprint density at radius 3 is 2.12 bits per heavy atom. The van der Waals surface area contributed by atoms with Crippen molar-refractivity contribution in [3.8, 4) is 5.75 Å². The number of carbonyl (C=O) groups is 1. The Kier molecular flexibility index (Phi) is 6.70. The molecule has 1 aliphatic heterocycles.